The lowest BCUT2D eigenvalue weighted by Gasteiger charge is -2.10. The summed E-state index contributed by atoms with van der Waals surface area (Å²) in [7, 11) is 0. The van der Waals surface area contributed by atoms with Gasteiger partial charge < -0.3 is 16.2 Å². The van der Waals surface area contributed by atoms with Gasteiger partial charge in [-0.3, -0.25) is 14.9 Å². The van der Waals surface area contributed by atoms with Gasteiger partial charge in [0.25, 0.3) is 0 Å². The number of nitrogens with two attached hydrogens (primary N) is 1. The number of rotatable bonds is 7. The van der Waals surface area contributed by atoms with Gasteiger partial charge in [-0.2, -0.15) is 0 Å². The molecule has 1 aliphatic heterocycles. The number of hydrogen-bond donors (Lipinski definition) is 4. The van der Waals surface area contributed by atoms with Gasteiger partial charge in [0.15, 0.2) is 0 Å². The lowest BCUT2D eigenvalue weighted by Crippen LogP contribution is -2.42. The zero-order valence-corrected chi connectivity index (χ0v) is 10.5. The van der Waals surface area contributed by atoms with Crippen LogP contribution < -0.4 is 16.4 Å². The molecule has 0 spiro atoms. The highest BCUT2D eigenvalue weighted by atomic mass is 32.2. The third-order valence-corrected chi connectivity index (χ3v) is 3.53. The molecule has 17 heavy (non-hydrogen) atoms. The van der Waals surface area contributed by atoms with E-state index in [4.69, 9.17) is 10.8 Å². The summed E-state index contributed by atoms with van der Waals surface area (Å²) in [6, 6.07) is -0.875. The molecule has 0 aromatic heterocycles. The second-order valence-electron chi connectivity index (χ2n) is 4.00. The van der Waals surface area contributed by atoms with Crippen LogP contribution in [0.4, 0.5) is 0 Å². The Labute approximate surface area is 105 Å². The van der Waals surface area contributed by atoms with E-state index in [2.05, 4.69) is 10.6 Å². The summed E-state index contributed by atoms with van der Waals surface area (Å²) < 4.78 is 0. The topological polar surface area (TPSA) is 104 Å². The van der Waals surface area contributed by atoms with Gasteiger partial charge in [-0.1, -0.05) is 0 Å². The van der Waals surface area contributed by atoms with E-state index in [1.807, 2.05) is 0 Å². The Hall–Kier alpha value is -0.790. The van der Waals surface area contributed by atoms with E-state index >= 15 is 0 Å². The first-order valence-electron chi connectivity index (χ1n) is 5.68. The van der Waals surface area contributed by atoms with Crippen molar-refractivity contribution in [3.05, 3.63) is 0 Å². The predicted molar refractivity (Wildman–Crippen MR) is 66.7 cm³/mol. The van der Waals surface area contributed by atoms with Crippen molar-refractivity contribution >= 4 is 23.6 Å². The van der Waals surface area contributed by atoms with Gasteiger partial charge in [0.05, 0.1) is 6.04 Å². The molecule has 1 amide bonds. The SMILES string of the molecule is N[C@@H](CCCCNC(=O)[C@H]1CSCN1)C(=O)O. The summed E-state index contributed by atoms with van der Waals surface area (Å²) >= 11 is 1.71. The molecule has 6 nitrogen and oxygen atoms in total. The maximum absolute atomic E-state index is 11.5. The molecule has 0 unspecified atom stereocenters. The Morgan fingerprint density at radius 3 is 2.88 bits per heavy atom. The number of carboxylic acid groups (broad SMARTS) is 1. The average molecular weight is 261 g/mol. The lowest BCUT2D eigenvalue weighted by atomic mass is 10.1. The minimum absolute atomic E-state index is 0.0255. The predicted octanol–water partition coefficient (Wildman–Crippen LogP) is -0.653. The van der Waals surface area contributed by atoms with Crippen LogP contribution in [0.3, 0.4) is 0 Å². The number of thioether (sulfide) groups is 1. The number of aliphatic carboxylic acids is 1. The summed E-state index contributed by atoms with van der Waals surface area (Å²) in [5.41, 5.74) is 5.36. The highest BCUT2D eigenvalue weighted by molar-refractivity contribution is 7.99. The first kappa shape index (κ1) is 14.3. The van der Waals surface area contributed by atoms with Crippen LogP contribution in [0.1, 0.15) is 19.3 Å². The second-order valence-corrected chi connectivity index (χ2v) is 5.03. The molecule has 1 heterocycles. The second kappa shape index (κ2) is 7.52. The quantitative estimate of drug-likeness (QED) is 0.454. The van der Waals surface area contributed by atoms with Gasteiger partial charge in [-0.25, -0.2) is 0 Å². The van der Waals surface area contributed by atoms with E-state index in [-0.39, 0.29) is 11.9 Å². The van der Waals surface area contributed by atoms with Crippen LogP contribution in [0, 0.1) is 0 Å². The highest BCUT2D eigenvalue weighted by Crippen LogP contribution is 2.09. The number of nitrogens with one attached hydrogen (secondary N) is 2. The molecular weight excluding hydrogens is 242 g/mol. The first-order chi connectivity index (χ1) is 8.11. The maximum atomic E-state index is 11.5. The van der Waals surface area contributed by atoms with Crippen LogP contribution in [-0.4, -0.2) is 47.2 Å². The van der Waals surface area contributed by atoms with Crippen molar-refractivity contribution in [2.75, 3.05) is 18.2 Å². The third-order valence-electron chi connectivity index (χ3n) is 2.59. The number of hydrogen-bond acceptors (Lipinski definition) is 5. The molecule has 1 aliphatic rings. The molecule has 0 aromatic carbocycles. The number of carboxylic acids is 1. The van der Waals surface area contributed by atoms with E-state index < -0.39 is 12.0 Å². The van der Waals surface area contributed by atoms with Gasteiger partial charge in [-0.15, -0.1) is 11.8 Å². The van der Waals surface area contributed by atoms with E-state index in [1.165, 1.54) is 0 Å². The Morgan fingerprint density at radius 2 is 2.29 bits per heavy atom. The van der Waals surface area contributed by atoms with Crippen molar-refractivity contribution in [2.24, 2.45) is 5.73 Å². The molecule has 1 fully saturated rings. The van der Waals surface area contributed by atoms with Crippen LogP contribution in [0.15, 0.2) is 0 Å². The molecule has 98 valence electrons. The molecule has 0 saturated carbocycles. The molecule has 1 saturated heterocycles. The zero-order chi connectivity index (χ0) is 12.7. The summed E-state index contributed by atoms with van der Waals surface area (Å²) in [6.07, 6.45) is 1.91. The standard InChI is InChI=1S/C10H19N3O3S/c11-7(10(15)16)3-1-2-4-12-9(14)8-5-17-6-13-8/h7-8,13H,1-6,11H2,(H,12,14)(H,15,16)/t7-,8+/m0/s1. The smallest absolute Gasteiger partial charge is 0.320 e. The zero-order valence-electron chi connectivity index (χ0n) is 9.65. The first-order valence-corrected chi connectivity index (χ1v) is 6.84. The minimum atomic E-state index is -0.971. The molecule has 1 rings (SSSR count). The van der Waals surface area contributed by atoms with E-state index in [9.17, 15) is 9.59 Å². The van der Waals surface area contributed by atoms with E-state index in [0.717, 1.165) is 18.1 Å². The fourth-order valence-electron chi connectivity index (χ4n) is 1.51. The highest BCUT2D eigenvalue weighted by Gasteiger charge is 2.21. The molecule has 2 atom stereocenters. The lowest BCUT2D eigenvalue weighted by molar-refractivity contribution is -0.138. The molecule has 0 radical (unpaired) electrons. The third kappa shape index (κ3) is 5.38. The van der Waals surface area contributed by atoms with Crippen LogP contribution in [0.5, 0.6) is 0 Å². The van der Waals surface area contributed by atoms with Crippen LogP contribution in [-0.2, 0) is 9.59 Å². The van der Waals surface area contributed by atoms with Gasteiger partial charge in [0.2, 0.25) is 5.91 Å². The molecule has 0 aromatic rings. The van der Waals surface area contributed by atoms with E-state index in [1.54, 1.807) is 11.8 Å². The average Bonchev–Trinajstić information content (AvgIpc) is 2.81. The Kier molecular flexibility index (Phi) is 6.31. The summed E-state index contributed by atoms with van der Waals surface area (Å²) in [4.78, 5) is 22.0. The molecule has 0 bridgehead atoms. The van der Waals surface area contributed by atoms with Crippen molar-refractivity contribution in [1.29, 1.82) is 0 Å². The minimum Gasteiger partial charge on any atom is -0.480 e. The normalized spacial score (nSPS) is 21.1. The summed E-state index contributed by atoms with van der Waals surface area (Å²) in [6.45, 7) is 0.577. The van der Waals surface area contributed by atoms with Crippen LogP contribution in [0.2, 0.25) is 0 Å². The number of unbranched alkanes of at least 4 members (excludes halogenated alkanes) is 1. The van der Waals surface area contributed by atoms with Gasteiger partial charge >= 0.3 is 5.97 Å². The number of carbonyl (C=O) groups excluding carboxylic acids is 1. The van der Waals surface area contributed by atoms with Gasteiger partial charge in [0.1, 0.15) is 6.04 Å². The van der Waals surface area contributed by atoms with Crippen LogP contribution >= 0.6 is 11.8 Å². The fraction of sp³-hybridized carbons (Fsp3) is 0.800. The van der Waals surface area contributed by atoms with Crippen LogP contribution in [0.25, 0.3) is 0 Å². The Bertz CT molecular complexity index is 270. The molecule has 7 heteroatoms. The van der Waals surface area contributed by atoms with E-state index in [0.29, 0.717) is 19.4 Å². The molecule has 0 aliphatic carbocycles. The molecular formula is C10H19N3O3S. The molecule has 5 N–H and O–H groups in total. The summed E-state index contributed by atoms with van der Waals surface area (Å²) in [5, 5.41) is 14.5. The van der Waals surface area contributed by atoms with Crippen molar-refractivity contribution in [3.63, 3.8) is 0 Å². The van der Waals surface area contributed by atoms with Crippen molar-refractivity contribution in [2.45, 2.75) is 31.3 Å². The Morgan fingerprint density at radius 1 is 1.53 bits per heavy atom. The van der Waals surface area contributed by atoms with Crippen molar-refractivity contribution < 1.29 is 14.7 Å². The maximum Gasteiger partial charge on any atom is 0.320 e. The summed E-state index contributed by atoms with van der Waals surface area (Å²) in [5.74, 6) is 0.695. The number of amides is 1. The van der Waals surface area contributed by atoms with Gasteiger partial charge in [0, 0.05) is 18.2 Å². The monoisotopic (exact) mass is 261 g/mol. The Balaban J connectivity index is 2.00. The van der Waals surface area contributed by atoms with Crippen molar-refractivity contribution in [3.8, 4) is 0 Å². The largest absolute Gasteiger partial charge is 0.480 e. The number of carbonyl (C=O) groups is 2. The fourth-order valence-corrected chi connectivity index (χ4v) is 2.45. The van der Waals surface area contributed by atoms with Gasteiger partial charge in [-0.05, 0) is 19.3 Å². The van der Waals surface area contributed by atoms with Crippen molar-refractivity contribution in [1.82, 2.24) is 10.6 Å².